The molecule has 0 spiro atoms. The Kier molecular flexibility index (Phi) is 7.60. The Hall–Kier alpha value is -2.40. The zero-order valence-corrected chi connectivity index (χ0v) is 16.1. The molecule has 140 valence electrons. The highest BCUT2D eigenvalue weighted by molar-refractivity contribution is 6.31. The van der Waals surface area contributed by atoms with E-state index < -0.39 is 0 Å². The van der Waals surface area contributed by atoms with Gasteiger partial charge in [-0.25, -0.2) is 0 Å². The van der Waals surface area contributed by atoms with Gasteiger partial charge in [-0.05, 0) is 44.5 Å². The van der Waals surface area contributed by atoms with E-state index in [1.165, 1.54) is 0 Å². The summed E-state index contributed by atoms with van der Waals surface area (Å²) in [6, 6.07) is 10.7. The molecule has 0 saturated heterocycles. The van der Waals surface area contributed by atoms with Crippen molar-refractivity contribution in [2.45, 2.75) is 27.3 Å². The van der Waals surface area contributed by atoms with Gasteiger partial charge in [0.2, 0.25) is 5.75 Å². The minimum Gasteiger partial charge on any atom is -0.490 e. The molecule has 0 bridgehead atoms. The number of carbonyl (C=O) groups excluding carboxylic acids is 1. The summed E-state index contributed by atoms with van der Waals surface area (Å²) in [4.78, 5) is 12.6. The van der Waals surface area contributed by atoms with Crippen LogP contribution in [0.15, 0.2) is 36.4 Å². The summed E-state index contributed by atoms with van der Waals surface area (Å²) in [6.07, 6.45) is 0. The molecule has 6 heteroatoms. The van der Waals surface area contributed by atoms with Gasteiger partial charge in [-0.2, -0.15) is 0 Å². The summed E-state index contributed by atoms with van der Waals surface area (Å²) in [5.74, 6) is 1.25. The van der Waals surface area contributed by atoms with Crippen molar-refractivity contribution in [2.75, 3.05) is 19.8 Å². The van der Waals surface area contributed by atoms with Gasteiger partial charge in [-0.3, -0.25) is 4.79 Å². The average Bonchev–Trinajstić information content (AvgIpc) is 2.63. The first-order chi connectivity index (χ1) is 12.6. The standard InChI is InChI=1S/C20H24ClNO4/c1-4-24-17-11-15(12-18(25-5-2)19(17)26-6-3)20(23)22-13-14-9-7-8-10-16(14)21/h7-12H,4-6,13H2,1-3H3,(H,22,23). The van der Waals surface area contributed by atoms with Crippen LogP contribution < -0.4 is 19.5 Å². The molecule has 0 atom stereocenters. The minimum absolute atomic E-state index is 0.241. The molecule has 0 fully saturated rings. The second-order valence-corrected chi connectivity index (χ2v) is 5.78. The zero-order chi connectivity index (χ0) is 18.9. The lowest BCUT2D eigenvalue weighted by Gasteiger charge is -2.17. The van der Waals surface area contributed by atoms with Crippen molar-refractivity contribution in [2.24, 2.45) is 0 Å². The van der Waals surface area contributed by atoms with Gasteiger partial charge < -0.3 is 19.5 Å². The smallest absolute Gasteiger partial charge is 0.251 e. The first-order valence-corrected chi connectivity index (χ1v) is 9.06. The molecule has 0 aromatic heterocycles. The number of hydrogen-bond donors (Lipinski definition) is 1. The van der Waals surface area contributed by atoms with Crippen molar-refractivity contribution in [1.82, 2.24) is 5.32 Å². The Balaban J connectivity index is 2.26. The Bertz CT molecular complexity index is 721. The predicted molar refractivity (Wildman–Crippen MR) is 103 cm³/mol. The minimum atomic E-state index is -0.241. The fourth-order valence-electron chi connectivity index (χ4n) is 2.44. The molecule has 0 saturated carbocycles. The molecule has 0 unspecified atom stereocenters. The third kappa shape index (κ3) is 5.05. The van der Waals surface area contributed by atoms with E-state index in [1.54, 1.807) is 18.2 Å². The maximum absolute atomic E-state index is 12.6. The number of halogens is 1. The molecule has 0 heterocycles. The monoisotopic (exact) mass is 377 g/mol. The largest absolute Gasteiger partial charge is 0.490 e. The van der Waals surface area contributed by atoms with Crippen LogP contribution in [0.1, 0.15) is 36.7 Å². The molecule has 0 aliphatic heterocycles. The second kappa shape index (κ2) is 9.92. The number of ether oxygens (including phenoxy) is 3. The van der Waals surface area contributed by atoms with Gasteiger partial charge in [0.05, 0.1) is 19.8 Å². The lowest BCUT2D eigenvalue weighted by Crippen LogP contribution is -2.23. The van der Waals surface area contributed by atoms with Crippen molar-refractivity contribution in [3.05, 3.63) is 52.5 Å². The molecule has 26 heavy (non-hydrogen) atoms. The highest BCUT2D eigenvalue weighted by Gasteiger charge is 2.18. The topological polar surface area (TPSA) is 56.8 Å². The Morgan fingerprint density at radius 3 is 2.08 bits per heavy atom. The van der Waals surface area contributed by atoms with E-state index in [0.29, 0.717) is 54.2 Å². The number of nitrogens with one attached hydrogen (secondary N) is 1. The molecule has 2 aromatic carbocycles. The van der Waals surface area contributed by atoms with Crippen molar-refractivity contribution in [1.29, 1.82) is 0 Å². The summed E-state index contributed by atoms with van der Waals surface area (Å²) in [6.45, 7) is 7.35. The Labute approximate surface area is 159 Å². The van der Waals surface area contributed by atoms with Gasteiger partial charge in [0.1, 0.15) is 0 Å². The lowest BCUT2D eigenvalue weighted by molar-refractivity contribution is 0.0949. The van der Waals surface area contributed by atoms with E-state index in [-0.39, 0.29) is 5.91 Å². The summed E-state index contributed by atoms with van der Waals surface area (Å²) < 4.78 is 16.9. The fourth-order valence-corrected chi connectivity index (χ4v) is 2.64. The quantitative estimate of drug-likeness (QED) is 0.700. The maximum atomic E-state index is 12.6. The molecule has 0 aliphatic carbocycles. The summed E-state index contributed by atoms with van der Waals surface area (Å²) >= 11 is 6.13. The van der Waals surface area contributed by atoms with Crippen molar-refractivity contribution >= 4 is 17.5 Å². The normalized spacial score (nSPS) is 10.3. The average molecular weight is 378 g/mol. The molecular weight excluding hydrogens is 354 g/mol. The van der Waals surface area contributed by atoms with E-state index in [4.69, 9.17) is 25.8 Å². The number of benzene rings is 2. The highest BCUT2D eigenvalue weighted by atomic mass is 35.5. The molecule has 0 radical (unpaired) electrons. The van der Waals surface area contributed by atoms with Gasteiger partial charge in [0.15, 0.2) is 11.5 Å². The first kappa shape index (κ1) is 19.9. The van der Waals surface area contributed by atoms with Crippen molar-refractivity contribution < 1.29 is 19.0 Å². The van der Waals surface area contributed by atoms with Crippen LogP contribution in [0.3, 0.4) is 0 Å². The van der Waals surface area contributed by atoms with Crippen LogP contribution in [0.2, 0.25) is 5.02 Å². The molecule has 0 aliphatic rings. The molecule has 2 aromatic rings. The third-order valence-corrected chi connectivity index (χ3v) is 3.94. The maximum Gasteiger partial charge on any atom is 0.251 e. The predicted octanol–water partition coefficient (Wildman–Crippen LogP) is 4.47. The van der Waals surface area contributed by atoms with Gasteiger partial charge in [-0.1, -0.05) is 29.8 Å². The van der Waals surface area contributed by atoms with E-state index in [0.717, 1.165) is 5.56 Å². The van der Waals surface area contributed by atoms with Crippen molar-refractivity contribution in [3.8, 4) is 17.2 Å². The molecule has 2 rings (SSSR count). The highest BCUT2D eigenvalue weighted by Crippen LogP contribution is 2.39. The van der Waals surface area contributed by atoms with E-state index >= 15 is 0 Å². The van der Waals surface area contributed by atoms with Gasteiger partial charge in [0, 0.05) is 17.1 Å². The van der Waals surface area contributed by atoms with Crippen LogP contribution in [-0.4, -0.2) is 25.7 Å². The first-order valence-electron chi connectivity index (χ1n) is 8.68. The molecular formula is C20H24ClNO4. The van der Waals surface area contributed by atoms with E-state index in [9.17, 15) is 4.79 Å². The zero-order valence-electron chi connectivity index (χ0n) is 15.3. The van der Waals surface area contributed by atoms with Crippen LogP contribution >= 0.6 is 11.6 Å². The van der Waals surface area contributed by atoms with Crippen LogP contribution in [0.5, 0.6) is 17.2 Å². The molecule has 5 nitrogen and oxygen atoms in total. The number of rotatable bonds is 9. The molecule has 1 N–H and O–H groups in total. The van der Waals surface area contributed by atoms with Gasteiger partial charge in [0.25, 0.3) is 5.91 Å². The van der Waals surface area contributed by atoms with Crippen LogP contribution in [0, 0.1) is 0 Å². The summed E-state index contributed by atoms with van der Waals surface area (Å²) in [5.41, 5.74) is 1.29. The fraction of sp³-hybridized carbons (Fsp3) is 0.350. The van der Waals surface area contributed by atoms with Gasteiger partial charge >= 0.3 is 0 Å². The van der Waals surface area contributed by atoms with Crippen LogP contribution in [0.4, 0.5) is 0 Å². The Morgan fingerprint density at radius 2 is 1.54 bits per heavy atom. The lowest BCUT2D eigenvalue weighted by atomic mass is 10.1. The van der Waals surface area contributed by atoms with E-state index in [2.05, 4.69) is 5.32 Å². The molecule has 1 amide bonds. The number of amides is 1. The van der Waals surface area contributed by atoms with Crippen LogP contribution in [-0.2, 0) is 6.54 Å². The van der Waals surface area contributed by atoms with Crippen molar-refractivity contribution in [3.63, 3.8) is 0 Å². The SMILES string of the molecule is CCOc1cc(C(=O)NCc2ccccc2Cl)cc(OCC)c1OCC. The Morgan fingerprint density at radius 1 is 0.962 bits per heavy atom. The van der Waals surface area contributed by atoms with Crippen LogP contribution in [0.25, 0.3) is 0 Å². The van der Waals surface area contributed by atoms with E-state index in [1.807, 2.05) is 39.0 Å². The second-order valence-electron chi connectivity index (χ2n) is 5.37. The third-order valence-electron chi connectivity index (χ3n) is 3.57. The summed E-state index contributed by atoms with van der Waals surface area (Å²) in [5, 5.41) is 3.49. The number of carbonyl (C=O) groups is 1. The number of hydrogen-bond acceptors (Lipinski definition) is 4. The van der Waals surface area contributed by atoms with Gasteiger partial charge in [-0.15, -0.1) is 0 Å². The summed E-state index contributed by atoms with van der Waals surface area (Å²) in [7, 11) is 0.